The Morgan fingerprint density at radius 2 is 2.26 bits per heavy atom. The zero-order valence-electron chi connectivity index (χ0n) is 12.1. The summed E-state index contributed by atoms with van der Waals surface area (Å²) in [7, 11) is 1.84. The van der Waals surface area contributed by atoms with Crippen molar-refractivity contribution in [2.45, 2.75) is 33.1 Å². The molecule has 0 unspecified atom stereocenters. The molecule has 1 heterocycles. The fraction of sp³-hybridized carbons (Fsp3) is 0.600. The molecular weight excluding hydrogens is 238 g/mol. The maximum absolute atomic E-state index is 12.6. The summed E-state index contributed by atoms with van der Waals surface area (Å²) in [5.41, 5.74) is 2.46. The number of hydrogen-bond donors (Lipinski definition) is 1. The highest BCUT2D eigenvalue weighted by Crippen LogP contribution is 2.28. The molecule has 1 aromatic rings. The number of amides is 1. The van der Waals surface area contributed by atoms with E-state index in [-0.39, 0.29) is 5.91 Å². The molecule has 4 heteroatoms. The summed E-state index contributed by atoms with van der Waals surface area (Å²) < 4.78 is 0. The van der Waals surface area contributed by atoms with E-state index in [9.17, 15) is 4.79 Å². The molecule has 4 nitrogen and oxygen atoms in total. The van der Waals surface area contributed by atoms with E-state index in [2.05, 4.69) is 10.3 Å². The van der Waals surface area contributed by atoms with Crippen LogP contribution in [0.1, 0.15) is 42.2 Å². The largest absolute Gasteiger partial charge is 0.387 e. The van der Waals surface area contributed by atoms with Gasteiger partial charge in [-0.25, -0.2) is 0 Å². The predicted octanol–water partition coefficient (Wildman–Crippen LogP) is 2.69. The van der Waals surface area contributed by atoms with Gasteiger partial charge in [0.15, 0.2) is 0 Å². The second kappa shape index (κ2) is 6.04. The van der Waals surface area contributed by atoms with E-state index in [1.54, 1.807) is 6.20 Å². The molecule has 0 radical (unpaired) electrons. The topological polar surface area (TPSA) is 45.2 Å². The molecule has 19 heavy (non-hydrogen) atoms. The van der Waals surface area contributed by atoms with E-state index in [4.69, 9.17) is 0 Å². The number of aryl methyl sites for hydroxylation is 1. The summed E-state index contributed by atoms with van der Waals surface area (Å²) in [5.74, 6) is 0.784. The first kappa shape index (κ1) is 13.8. The summed E-state index contributed by atoms with van der Waals surface area (Å²) in [4.78, 5) is 18.8. The number of carbonyl (C=O) groups is 1. The van der Waals surface area contributed by atoms with Gasteiger partial charge in [0.05, 0.1) is 11.3 Å². The highest BCUT2D eigenvalue weighted by atomic mass is 16.2. The van der Waals surface area contributed by atoms with Gasteiger partial charge >= 0.3 is 0 Å². The van der Waals surface area contributed by atoms with Crippen molar-refractivity contribution in [2.75, 3.05) is 25.5 Å². The summed E-state index contributed by atoms with van der Waals surface area (Å²) >= 11 is 0. The first-order chi connectivity index (χ1) is 9.15. The first-order valence-electron chi connectivity index (χ1n) is 7.09. The van der Waals surface area contributed by atoms with Crippen LogP contribution in [0.25, 0.3) is 0 Å². The average molecular weight is 261 g/mol. The highest BCUT2D eigenvalue weighted by Gasteiger charge is 2.24. The fourth-order valence-corrected chi connectivity index (χ4v) is 2.45. The molecule has 0 aromatic carbocycles. The molecule has 1 aromatic heterocycles. The molecule has 0 bridgehead atoms. The van der Waals surface area contributed by atoms with Gasteiger partial charge in [-0.2, -0.15) is 0 Å². The van der Waals surface area contributed by atoms with Crippen molar-refractivity contribution in [1.29, 1.82) is 0 Å². The zero-order chi connectivity index (χ0) is 13.8. The average Bonchev–Trinajstić information content (AvgIpc) is 2.37. The molecule has 104 valence electrons. The Kier molecular flexibility index (Phi) is 4.40. The van der Waals surface area contributed by atoms with E-state index in [1.807, 2.05) is 31.9 Å². The third-order valence-corrected chi connectivity index (χ3v) is 3.91. The van der Waals surface area contributed by atoms with Gasteiger partial charge in [0, 0.05) is 32.0 Å². The number of nitrogens with zero attached hydrogens (tertiary/aromatic N) is 2. The minimum absolute atomic E-state index is 0.0891. The summed E-state index contributed by atoms with van der Waals surface area (Å²) in [6.45, 7) is 5.61. The number of aromatic nitrogens is 1. The van der Waals surface area contributed by atoms with Gasteiger partial charge in [-0.1, -0.05) is 6.42 Å². The van der Waals surface area contributed by atoms with Crippen LogP contribution in [0.4, 0.5) is 5.69 Å². The lowest BCUT2D eigenvalue weighted by molar-refractivity contribution is 0.0707. The molecule has 2 rings (SSSR count). The Labute approximate surface area is 115 Å². The van der Waals surface area contributed by atoms with Crippen molar-refractivity contribution < 1.29 is 4.79 Å². The highest BCUT2D eigenvalue weighted by molar-refractivity contribution is 5.99. The number of hydrogen-bond acceptors (Lipinski definition) is 3. The van der Waals surface area contributed by atoms with Crippen LogP contribution in [0.5, 0.6) is 0 Å². The fourth-order valence-electron chi connectivity index (χ4n) is 2.45. The van der Waals surface area contributed by atoms with Crippen LogP contribution >= 0.6 is 0 Å². The van der Waals surface area contributed by atoms with Crippen LogP contribution < -0.4 is 5.32 Å². The molecule has 0 spiro atoms. The smallest absolute Gasteiger partial charge is 0.257 e. The quantitative estimate of drug-likeness (QED) is 0.886. The lowest BCUT2D eigenvalue weighted by atomic mass is 9.85. The Bertz CT molecular complexity index is 455. The normalized spacial score (nSPS) is 14.9. The van der Waals surface area contributed by atoms with Crippen molar-refractivity contribution in [2.24, 2.45) is 5.92 Å². The Balaban J connectivity index is 2.16. The summed E-state index contributed by atoms with van der Waals surface area (Å²) in [5, 5.41) is 3.09. The third kappa shape index (κ3) is 3.06. The molecule has 1 aliphatic rings. The van der Waals surface area contributed by atoms with Gasteiger partial charge in [0.1, 0.15) is 0 Å². The Morgan fingerprint density at radius 1 is 1.53 bits per heavy atom. The van der Waals surface area contributed by atoms with Gasteiger partial charge in [-0.05, 0) is 38.7 Å². The Hall–Kier alpha value is -1.58. The second-order valence-corrected chi connectivity index (χ2v) is 5.26. The van der Waals surface area contributed by atoms with Crippen molar-refractivity contribution in [3.05, 3.63) is 23.5 Å². The van der Waals surface area contributed by atoms with Crippen LogP contribution in [0.2, 0.25) is 0 Å². The number of pyridine rings is 1. The number of rotatable bonds is 5. The SMILES string of the molecule is CCN(CC1CCC1)C(=O)c1cnc(C)cc1NC. The van der Waals surface area contributed by atoms with E-state index < -0.39 is 0 Å². The van der Waals surface area contributed by atoms with Crippen LogP contribution in [-0.2, 0) is 0 Å². The van der Waals surface area contributed by atoms with Crippen molar-refractivity contribution in [3.8, 4) is 0 Å². The summed E-state index contributed by atoms with van der Waals surface area (Å²) in [6.07, 6.45) is 5.51. The lowest BCUT2D eigenvalue weighted by Gasteiger charge is -2.32. The lowest BCUT2D eigenvalue weighted by Crippen LogP contribution is -2.37. The van der Waals surface area contributed by atoms with Crippen LogP contribution in [0, 0.1) is 12.8 Å². The van der Waals surface area contributed by atoms with E-state index >= 15 is 0 Å². The molecule has 0 aliphatic heterocycles. The van der Waals surface area contributed by atoms with E-state index in [1.165, 1.54) is 19.3 Å². The zero-order valence-corrected chi connectivity index (χ0v) is 12.1. The first-order valence-corrected chi connectivity index (χ1v) is 7.09. The number of carbonyl (C=O) groups excluding carboxylic acids is 1. The molecule has 1 fully saturated rings. The van der Waals surface area contributed by atoms with Crippen molar-refractivity contribution >= 4 is 11.6 Å². The molecule has 0 atom stereocenters. The van der Waals surface area contributed by atoms with E-state index in [0.29, 0.717) is 11.5 Å². The number of anilines is 1. The monoisotopic (exact) mass is 261 g/mol. The molecule has 1 N–H and O–H groups in total. The van der Waals surface area contributed by atoms with Gasteiger partial charge in [0.25, 0.3) is 5.91 Å². The maximum Gasteiger partial charge on any atom is 0.257 e. The molecule has 1 aliphatic carbocycles. The molecule has 1 saturated carbocycles. The van der Waals surface area contributed by atoms with Gasteiger partial charge in [-0.3, -0.25) is 9.78 Å². The Morgan fingerprint density at radius 3 is 2.79 bits per heavy atom. The van der Waals surface area contributed by atoms with Gasteiger partial charge < -0.3 is 10.2 Å². The standard InChI is InChI=1S/C15H23N3O/c1-4-18(10-12-6-5-7-12)15(19)13-9-17-11(2)8-14(13)16-3/h8-9,12H,4-7,10H2,1-3H3,(H,16,17). The van der Waals surface area contributed by atoms with Gasteiger partial charge in [0.2, 0.25) is 0 Å². The van der Waals surface area contributed by atoms with E-state index in [0.717, 1.165) is 24.5 Å². The minimum Gasteiger partial charge on any atom is -0.387 e. The minimum atomic E-state index is 0.0891. The van der Waals surface area contributed by atoms with Crippen LogP contribution in [0.15, 0.2) is 12.3 Å². The third-order valence-electron chi connectivity index (χ3n) is 3.91. The number of nitrogens with one attached hydrogen (secondary N) is 1. The molecule has 0 saturated heterocycles. The molecule has 1 amide bonds. The molecular formula is C15H23N3O. The summed E-state index contributed by atoms with van der Waals surface area (Å²) in [6, 6.07) is 1.92. The maximum atomic E-state index is 12.6. The van der Waals surface area contributed by atoms with Crippen molar-refractivity contribution in [3.63, 3.8) is 0 Å². The predicted molar refractivity (Wildman–Crippen MR) is 77.4 cm³/mol. The second-order valence-electron chi connectivity index (χ2n) is 5.26. The van der Waals surface area contributed by atoms with Gasteiger partial charge in [-0.15, -0.1) is 0 Å². The van der Waals surface area contributed by atoms with Crippen LogP contribution in [-0.4, -0.2) is 35.9 Å². The van der Waals surface area contributed by atoms with Crippen molar-refractivity contribution in [1.82, 2.24) is 9.88 Å². The van der Waals surface area contributed by atoms with Crippen LogP contribution in [0.3, 0.4) is 0 Å².